The third-order valence-electron chi connectivity index (χ3n) is 1.39. The van der Waals surface area contributed by atoms with Gasteiger partial charge in [0.2, 0.25) is 0 Å². The smallest absolute Gasteiger partial charge is 0.662 e. The molecule has 0 unspecified atom stereocenters. The normalized spacial score (nSPS) is 9.00. The molecule has 0 atom stereocenters. The molecule has 0 amide bonds. The van der Waals surface area contributed by atoms with Crippen molar-refractivity contribution in [1.29, 1.82) is 0 Å². The molecule has 0 bridgehead atoms. The second-order valence-corrected chi connectivity index (χ2v) is 2.32. The van der Waals surface area contributed by atoms with E-state index < -0.39 is 0 Å². The first-order valence-corrected chi connectivity index (χ1v) is 4.05. The van der Waals surface area contributed by atoms with Crippen molar-refractivity contribution in [1.82, 2.24) is 0 Å². The summed E-state index contributed by atoms with van der Waals surface area (Å²) in [4.78, 5) is 0. The van der Waals surface area contributed by atoms with Crippen molar-refractivity contribution in [3.8, 4) is 0 Å². The maximum absolute atomic E-state index is 4.24. The summed E-state index contributed by atoms with van der Waals surface area (Å²) in [6, 6.07) is 0. The molecule has 0 spiro atoms. The number of hydrogen-bond donors (Lipinski definition) is 0. The van der Waals surface area contributed by atoms with Gasteiger partial charge in [-0.1, -0.05) is 39.5 Å². The maximum atomic E-state index is 4.24. The van der Waals surface area contributed by atoms with Crippen LogP contribution in [0.15, 0.2) is 0 Å². The fourth-order valence-electron chi connectivity index (χ4n) is 0.808. The molecule has 56 valence electrons. The minimum Gasteiger partial charge on any atom is -0.662 e. The molecule has 10 heavy (non-hydrogen) atoms. The predicted molar refractivity (Wildman–Crippen MR) is 42.9 cm³/mol. The molecular weight excluding hydrogens is 149 g/mol. The van der Waals surface area contributed by atoms with E-state index in [0.717, 1.165) is 13.1 Å². The first-order chi connectivity index (χ1) is 4.41. The van der Waals surface area contributed by atoms with Gasteiger partial charge in [0.25, 0.3) is 0 Å². The standard InChI is InChI=1S/C8H18N.K/c1-3-5-6-7-8-9-4-2;/h3-8H2,1-2H3;/q-1;+1. The minimum atomic E-state index is 0. The van der Waals surface area contributed by atoms with E-state index in [1.807, 2.05) is 0 Å². The van der Waals surface area contributed by atoms with Crippen molar-refractivity contribution < 1.29 is 51.4 Å². The van der Waals surface area contributed by atoms with E-state index in [1.54, 1.807) is 0 Å². The molecule has 0 radical (unpaired) electrons. The fourth-order valence-corrected chi connectivity index (χ4v) is 0.808. The quantitative estimate of drug-likeness (QED) is 0.389. The number of hydrogen-bond acceptors (Lipinski definition) is 0. The second-order valence-electron chi connectivity index (χ2n) is 2.32. The Hall–Kier alpha value is 1.60. The fraction of sp³-hybridized carbons (Fsp3) is 1.00. The third-order valence-corrected chi connectivity index (χ3v) is 1.39. The SMILES string of the molecule is CCCCCC[N-]CC.[K+]. The van der Waals surface area contributed by atoms with Crippen LogP contribution >= 0.6 is 0 Å². The Morgan fingerprint density at radius 1 is 1.00 bits per heavy atom. The molecular formula is C8H18KN. The summed E-state index contributed by atoms with van der Waals surface area (Å²) < 4.78 is 0. The average molecular weight is 167 g/mol. The molecule has 0 aromatic carbocycles. The van der Waals surface area contributed by atoms with Gasteiger partial charge in [0, 0.05) is 0 Å². The van der Waals surface area contributed by atoms with Crippen LogP contribution in [0.4, 0.5) is 0 Å². The summed E-state index contributed by atoms with van der Waals surface area (Å²) in [7, 11) is 0. The van der Waals surface area contributed by atoms with E-state index in [9.17, 15) is 0 Å². The van der Waals surface area contributed by atoms with Crippen LogP contribution in [0.5, 0.6) is 0 Å². The molecule has 2 heteroatoms. The van der Waals surface area contributed by atoms with Crippen molar-refractivity contribution in [2.45, 2.75) is 39.5 Å². The number of unbranched alkanes of at least 4 members (excludes halogenated alkanes) is 3. The summed E-state index contributed by atoms with van der Waals surface area (Å²) in [6.07, 6.45) is 5.35. The van der Waals surface area contributed by atoms with E-state index in [2.05, 4.69) is 19.2 Å². The summed E-state index contributed by atoms with van der Waals surface area (Å²) in [6.45, 7) is 6.40. The summed E-state index contributed by atoms with van der Waals surface area (Å²) in [5.74, 6) is 0. The van der Waals surface area contributed by atoms with Crippen molar-refractivity contribution in [2.75, 3.05) is 13.1 Å². The Balaban J connectivity index is 0. The van der Waals surface area contributed by atoms with Gasteiger partial charge in [0.05, 0.1) is 0 Å². The molecule has 0 aliphatic rings. The molecule has 0 heterocycles. The van der Waals surface area contributed by atoms with Gasteiger partial charge in [-0.3, -0.25) is 0 Å². The molecule has 0 aliphatic carbocycles. The molecule has 0 N–H and O–H groups in total. The first kappa shape index (κ1) is 14.1. The zero-order chi connectivity index (χ0) is 6.95. The molecule has 0 saturated heterocycles. The largest absolute Gasteiger partial charge is 1.00 e. The van der Waals surface area contributed by atoms with Crippen LogP contribution in [0.1, 0.15) is 39.5 Å². The molecule has 0 rings (SSSR count). The average Bonchev–Trinajstić information content (AvgIpc) is 1.89. The first-order valence-electron chi connectivity index (χ1n) is 4.05. The van der Waals surface area contributed by atoms with E-state index in [1.165, 1.54) is 25.7 Å². The van der Waals surface area contributed by atoms with Crippen LogP contribution in [0.2, 0.25) is 0 Å². The molecule has 1 nitrogen and oxygen atoms in total. The van der Waals surface area contributed by atoms with E-state index in [0.29, 0.717) is 0 Å². The Kier molecular flexibility index (Phi) is 18.7. The van der Waals surface area contributed by atoms with Crippen LogP contribution in [-0.4, -0.2) is 13.1 Å². The van der Waals surface area contributed by atoms with Crippen LogP contribution in [0, 0.1) is 0 Å². The zero-order valence-corrected chi connectivity index (χ0v) is 10.8. The van der Waals surface area contributed by atoms with Crippen molar-refractivity contribution in [2.24, 2.45) is 0 Å². The topological polar surface area (TPSA) is 14.1 Å². The van der Waals surface area contributed by atoms with Gasteiger partial charge in [-0.15, -0.1) is 6.54 Å². The van der Waals surface area contributed by atoms with Crippen molar-refractivity contribution >= 4 is 0 Å². The Bertz CT molecular complexity index is 42.5. The maximum Gasteiger partial charge on any atom is 1.00 e. The van der Waals surface area contributed by atoms with E-state index >= 15 is 0 Å². The molecule has 0 aromatic rings. The van der Waals surface area contributed by atoms with Gasteiger partial charge in [0.15, 0.2) is 0 Å². The van der Waals surface area contributed by atoms with Gasteiger partial charge < -0.3 is 5.32 Å². The second kappa shape index (κ2) is 13.2. The van der Waals surface area contributed by atoms with E-state index in [-0.39, 0.29) is 51.4 Å². The van der Waals surface area contributed by atoms with Crippen LogP contribution in [-0.2, 0) is 0 Å². The van der Waals surface area contributed by atoms with Gasteiger partial charge in [-0.2, -0.15) is 6.54 Å². The third kappa shape index (κ3) is 12.3. The van der Waals surface area contributed by atoms with Crippen LogP contribution < -0.4 is 51.4 Å². The van der Waals surface area contributed by atoms with Crippen LogP contribution in [0.3, 0.4) is 0 Å². The monoisotopic (exact) mass is 167 g/mol. The van der Waals surface area contributed by atoms with Gasteiger partial charge in [-0.05, 0) is 0 Å². The summed E-state index contributed by atoms with van der Waals surface area (Å²) in [5.41, 5.74) is 0. The Morgan fingerprint density at radius 3 is 2.20 bits per heavy atom. The summed E-state index contributed by atoms with van der Waals surface area (Å²) >= 11 is 0. The zero-order valence-electron chi connectivity index (χ0n) is 7.69. The summed E-state index contributed by atoms with van der Waals surface area (Å²) in [5, 5.41) is 4.24. The van der Waals surface area contributed by atoms with E-state index in [4.69, 9.17) is 0 Å². The Labute approximate surface area is 108 Å². The van der Waals surface area contributed by atoms with Crippen LogP contribution in [0.25, 0.3) is 5.32 Å². The predicted octanol–water partition coefficient (Wildman–Crippen LogP) is -0.0357. The van der Waals surface area contributed by atoms with Gasteiger partial charge in [0.1, 0.15) is 0 Å². The number of rotatable bonds is 6. The van der Waals surface area contributed by atoms with Gasteiger partial charge >= 0.3 is 51.4 Å². The molecule has 0 aliphatic heterocycles. The van der Waals surface area contributed by atoms with Gasteiger partial charge in [-0.25, -0.2) is 0 Å². The minimum absolute atomic E-state index is 0. The van der Waals surface area contributed by atoms with Crippen molar-refractivity contribution in [3.63, 3.8) is 0 Å². The molecule has 0 fully saturated rings. The molecule has 0 aromatic heterocycles. The van der Waals surface area contributed by atoms with Crippen molar-refractivity contribution in [3.05, 3.63) is 5.32 Å². The number of nitrogens with zero attached hydrogens (tertiary/aromatic N) is 1. The molecule has 0 saturated carbocycles. The Morgan fingerprint density at radius 2 is 1.70 bits per heavy atom.